The number of nitrogens with zero attached hydrogens (tertiary/aromatic N) is 3. The molecule has 0 saturated carbocycles. The third-order valence-electron chi connectivity index (χ3n) is 5.76. The van der Waals surface area contributed by atoms with Crippen molar-refractivity contribution >= 4 is 5.91 Å². The highest BCUT2D eigenvalue weighted by Gasteiger charge is 2.34. The van der Waals surface area contributed by atoms with Crippen molar-refractivity contribution < 1.29 is 4.79 Å². The van der Waals surface area contributed by atoms with E-state index in [0.29, 0.717) is 18.4 Å². The number of rotatable bonds is 6. The van der Waals surface area contributed by atoms with Crippen molar-refractivity contribution in [3.05, 3.63) is 84.2 Å². The molecule has 4 nitrogen and oxygen atoms in total. The Morgan fingerprint density at radius 2 is 1.82 bits per heavy atom. The second kappa shape index (κ2) is 8.42. The summed E-state index contributed by atoms with van der Waals surface area (Å²) < 4.78 is 1.84. The Morgan fingerprint density at radius 3 is 2.54 bits per heavy atom. The molecule has 4 heteroatoms. The van der Waals surface area contributed by atoms with Crippen LogP contribution in [0.3, 0.4) is 0 Å². The van der Waals surface area contributed by atoms with Gasteiger partial charge in [-0.3, -0.25) is 4.79 Å². The third-order valence-corrected chi connectivity index (χ3v) is 5.76. The number of likely N-dealkylation sites (tertiary alicyclic amines) is 1. The summed E-state index contributed by atoms with van der Waals surface area (Å²) in [5.41, 5.74) is 3.31. The number of benzene rings is 2. The lowest BCUT2D eigenvalue weighted by molar-refractivity contribution is -0.131. The van der Waals surface area contributed by atoms with Gasteiger partial charge in [0.2, 0.25) is 5.91 Å². The van der Waals surface area contributed by atoms with Crippen molar-refractivity contribution in [2.24, 2.45) is 0 Å². The molecule has 2 aromatic carbocycles. The summed E-state index contributed by atoms with van der Waals surface area (Å²) in [5, 5.41) is 4.43. The van der Waals surface area contributed by atoms with Gasteiger partial charge in [-0.25, -0.2) is 4.68 Å². The van der Waals surface area contributed by atoms with E-state index in [4.69, 9.17) is 0 Å². The van der Waals surface area contributed by atoms with Gasteiger partial charge in [0.15, 0.2) is 0 Å². The summed E-state index contributed by atoms with van der Waals surface area (Å²) >= 11 is 0. The van der Waals surface area contributed by atoms with Crippen LogP contribution < -0.4 is 0 Å². The predicted molar refractivity (Wildman–Crippen MR) is 111 cm³/mol. The minimum Gasteiger partial charge on any atom is -0.339 e. The molecule has 28 heavy (non-hydrogen) atoms. The first-order chi connectivity index (χ1) is 13.8. The summed E-state index contributed by atoms with van der Waals surface area (Å²) in [6.07, 6.45) is 7.40. The van der Waals surface area contributed by atoms with E-state index in [2.05, 4.69) is 47.3 Å². The zero-order chi connectivity index (χ0) is 19.3. The van der Waals surface area contributed by atoms with Gasteiger partial charge in [0.1, 0.15) is 0 Å². The molecule has 1 saturated heterocycles. The first-order valence-electron chi connectivity index (χ1n) is 10.2. The van der Waals surface area contributed by atoms with Gasteiger partial charge in [-0.1, -0.05) is 55.5 Å². The van der Waals surface area contributed by atoms with Crippen molar-refractivity contribution in [1.82, 2.24) is 14.7 Å². The molecule has 3 aromatic rings. The van der Waals surface area contributed by atoms with Gasteiger partial charge in [0.05, 0.1) is 18.3 Å². The second-order valence-corrected chi connectivity index (χ2v) is 7.53. The number of carbonyl (C=O) groups is 1. The molecule has 0 unspecified atom stereocenters. The molecule has 0 N–H and O–H groups in total. The van der Waals surface area contributed by atoms with Crippen LogP contribution in [0.5, 0.6) is 0 Å². The van der Waals surface area contributed by atoms with Crippen LogP contribution >= 0.6 is 0 Å². The lowest BCUT2D eigenvalue weighted by Gasteiger charge is -2.31. The smallest absolute Gasteiger partial charge is 0.227 e. The molecule has 2 atom stereocenters. The quantitative estimate of drug-likeness (QED) is 0.633. The maximum absolute atomic E-state index is 13.1. The van der Waals surface area contributed by atoms with Crippen LogP contribution in [0, 0.1) is 0 Å². The third kappa shape index (κ3) is 3.86. The molecule has 1 aliphatic heterocycles. The fourth-order valence-corrected chi connectivity index (χ4v) is 4.40. The Bertz CT molecular complexity index is 904. The number of carbonyl (C=O) groups excluding carboxylic acids is 1. The minimum atomic E-state index is 0.212. The van der Waals surface area contributed by atoms with Crippen molar-refractivity contribution in [3.8, 4) is 5.69 Å². The van der Waals surface area contributed by atoms with Crippen LogP contribution in [0.2, 0.25) is 0 Å². The number of para-hydroxylation sites is 1. The van der Waals surface area contributed by atoms with Gasteiger partial charge in [-0.05, 0) is 42.5 Å². The number of amides is 1. The molecule has 2 heterocycles. The van der Waals surface area contributed by atoms with Crippen molar-refractivity contribution in [3.63, 3.8) is 0 Å². The Morgan fingerprint density at radius 1 is 1.11 bits per heavy atom. The average molecular weight is 373 g/mol. The summed E-state index contributed by atoms with van der Waals surface area (Å²) in [7, 11) is 0. The average Bonchev–Trinajstić information content (AvgIpc) is 3.40. The molecule has 1 aliphatic rings. The van der Waals surface area contributed by atoms with E-state index in [9.17, 15) is 4.79 Å². The van der Waals surface area contributed by atoms with Crippen LogP contribution in [-0.4, -0.2) is 33.2 Å². The molecule has 1 amide bonds. The van der Waals surface area contributed by atoms with E-state index >= 15 is 0 Å². The fraction of sp³-hybridized carbons (Fsp3) is 0.333. The number of hydrogen-bond donors (Lipinski definition) is 0. The molecular weight excluding hydrogens is 346 g/mol. The molecule has 0 aliphatic carbocycles. The second-order valence-electron chi connectivity index (χ2n) is 7.53. The van der Waals surface area contributed by atoms with E-state index in [0.717, 1.165) is 37.1 Å². The first kappa shape index (κ1) is 18.5. The van der Waals surface area contributed by atoms with Gasteiger partial charge >= 0.3 is 0 Å². The summed E-state index contributed by atoms with van der Waals surface area (Å²) in [5.74, 6) is 0.615. The lowest BCUT2D eigenvalue weighted by Crippen LogP contribution is -2.40. The van der Waals surface area contributed by atoms with E-state index < -0.39 is 0 Å². The van der Waals surface area contributed by atoms with E-state index in [-0.39, 0.29) is 5.91 Å². The van der Waals surface area contributed by atoms with Crippen LogP contribution in [0.4, 0.5) is 0 Å². The Balaban J connectivity index is 1.47. The summed E-state index contributed by atoms with van der Waals surface area (Å²) in [6.45, 7) is 3.09. The van der Waals surface area contributed by atoms with Crippen LogP contribution in [-0.2, 0) is 11.2 Å². The maximum atomic E-state index is 13.1. The lowest BCUT2D eigenvalue weighted by atomic mass is 9.87. The topological polar surface area (TPSA) is 38.1 Å². The van der Waals surface area contributed by atoms with Crippen molar-refractivity contribution in [2.75, 3.05) is 6.54 Å². The van der Waals surface area contributed by atoms with E-state index in [1.807, 2.05) is 47.4 Å². The number of hydrogen-bond acceptors (Lipinski definition) is 2. The van der Waals surface area contributed by atoms with Crippen molar-refractivity contribution in [1.29, 1.82) is 0 Å². The highest BCUT2D eigenvalue weighted by atomic mass is 16.2. The summed E-state index contributed by atoms with van der Waals surface area (Å²) in [4.78, 5) is 15.2. The molecule has 1 fully saturated rings. The fourth-order valence-electron chi connectivity index (χ4n) is 4.40. The molecule has 0 spiro atoms. The van der Waals surface area contributed by atoms with Crippen LogP contribution in [0.25, 0.3) is 5.69 Å². The monoisotopic (exact) mass is 373 g/mol. The Labute approximate surface area is 166 Å². The van der Waals surface area contributed by atoms with Gasteiger partial charge in [0, 0.05) is 24.7 Å². The molecule has 144 valence electrons. The highest BCUT2D eigenvalue weighted by Crippen LogP contribution is 2.33. The standard InChI is InChI=1S/C24H27N3O/c1-2-22(20-10-5-3-6-11-20)23-14-9-15-26(23)24(28)16-19-17-25-27(18-19)21-12-7-4-8-13-21/h3-8,10-13,17-18,22-23H,2,9,14-16H2,1H3/t22-,23+/m1/s1. The van der Waals surface area contributed by atoms with Gasteiger partial charge < -0.3 is 4.90 Å². The zero-order valence-electron chi connectivity index (χ0n) is 16.4. The van der Waals surface area contributed by atoms with Gasteiger partial charge in [0.25, 0.3) is 0 Å². The molecule has 0 radical (unpaired) electrons. The SMILES string of the molecule is CC[C@H](c1ccccc1)[C@@H]1CCCN1C(=O)Cc1cnn(-c2ccccc2)c1. The minimum absolute atomic E-state index is 0.212. The van der Waals surface area contributed by atoms with Gasteiger partial charge in [-0.15, -0.1) is 0 Å². The predicted octanol–water partition coefficient (Wildman–Crippen LogP) is 4.60. The van der Waals surface area contributed by atoms with Crippen LogP contribution in [0.15, 0.2) is 73.1 Å². The molecular formula is C24H27N3O. The highest BCUT2D eigenvalue weighted by molar-refractivity contribution is 5.79. The molecule has 4 rings (SSSR count). The van der Waals surface area contributed by atoms with Crippen LogP contribution in [0.1, 0.15) is 43.2 Å². The van der Waals surface area contributed by atoms with Gasteiger partial charge in [-0.2, -0.15) is 5.10 Å². The number of aromatic nitrogens is 2. The largest absolute Gasteiger partial charge is 0.339 e. The van der Waals surface area contributed by atoms with E-state index in [1.54, 1.807) is 0 Å². The first-order valence-corrected chi connectivity index (χ1v) is 10.2. The molecule has 0 bridgehead atoms. The Hall–Kier alpha value is -2.88. The Kier molecular flexibility index (Phi) is 5.56. The van der Waals surface area contributed by atoms with Crippen molar-refractivity contribution in [2.45, 2.75) is 44.6 Å². The maximum Gasteiger partial charge on any atom is 0.227 e. The van der Waals surface area contributed by atoms with E-state index in [1.165, 1.54) is 5.56 Å². The zero-order valence-corrected chi connectivity index (χ0v) is 16.4. The molecule has 1 aromatic heterocycles. The summed E-state index contributed by atoms with van der Waals surface area (Å²) in [6, 6.07) is 20.9. The normalized spacial score (nSPS) is 17.6.